The van der Waals surface area contributed by atoms with E-state index in [1.54, 1.807) is 12.1 Å². The van der Waals surface area contributed by atoms with Crippen molar-refractivity contribution in [1.29, 1.82) is 0 Å². The second-order valence-electron chi connectivity index (χ2n) is 8.26. The van der Waals surface area contributed by atoms with E-state index in [0.717, 1.165) is 29.0 Å². The third-order valence-electron chi connectivity index (χ3n) is 5.58. The Labute approximate surface area is 225 Å². The van der Waals surface area contributed by atoms with Crippen molar-refractivity contribution in [1.82, 2.24) is 0 Å². The van der Waals surface area contributed by atoms with E-state index in [1.165, 1.54) is 24.1 Å². The van der Waals surface area contributed by atoms with Crippen LogP contribution in [-0.2, 0) is 11.0 Å². The van der Waals surface area contributed by atoms with Crippen LogP contribution in [0.15, 0.2) is 59.5 Å². The number of nitro benzene ring substituents is 1. The molecule has 0 spiro atoms. The number of anilines is 1. The van der Waals surface area contributed by atoms with Gasteiger partial charge in [0.05, 0.1) is 28.2 Å². The van der Waals surface area contributed by atoms with Gasteiger partial charge >= 0.3 is 11.9 Å². The number of aryl methyl sites for hydroxylation is 2. The molecule has 0 aromatic heterocycles. The fourth-order valence-corrected chi connectivity index (χ4v) is 5.07. The van der Waals surface area contributed by atoms with Crippen LogP contribution in [0.4, 0.5) is 24.5 Å². The van der Waals surface area contributed by atoms with Gasteiger partial charge in [-0.1, -0.05) is 47.7 Å². The van der Waals surface area contributed by atoms with Crippen molar-refractivity contribution in [2.24, 2.45) is 0 Å². The molecule has 0 bridgehead atoms. The summed E-state index contributed by atoms with van der Waals surface area (Å²) in [6, 6.07) is 12.2. The Morgan fingerprint density at radius 1 is 1.03 bits per heavy atom. The Morgan fingerprint density at radius 2 is 1.74 bits per heavy atom. The molecule has 4 rings (SSSR count). The first-order valence-corrected chi connectivity index (χ1v) is 12.2. The lowest BCUT2D eigenvalue weighted by Crippen LogP contribution is -2.28. The lowest BCUT2D eigenvalue weighted by atomic mass is 10.1. The predicted molar refractivity (Wildman–Crippen MR) is 143 cm³/mol. The zero-order valence-corrected chi connectivity index (χ0v) is 21.8. The van der Waals surface area contributed by atoms with E-state index >= 15 is 0 Å². The molecule has 0 radical (unpaired) electrons. The van der Waals surface area contributed by atoms with Crippen LogP contribution in [-0.4, -0.2) is 22.3 Å². The standard InChI is InChI=1S/C26H19F3N2O5S2/c1-14-4-7-18(15(2)10-14)30-24(32)23(38-25(30)37)12-16-5-8-21(22(11-16)35-3)36-20-9-6-17(26(27,28)29)13-19(20)31(33)34/h4-13H,1-3H3/b23-12-. The molecule has 0 atom stereocenters. The molecule has 3 aromatic carbocycles. The molecule has 1 aliphatic rings. The van der Waals surface area contributed by atoms with Gasteiger partial charge in [0.1, 0.15) is 0 Å². The van der Waals surface area contributed by atoms with E-state index in [2.05, 4.69) is 0 Å². The number of ether oxygens (including phenoxy) is 2. The number of alkyl halides is 3. The number of benzene rings is 3. The van der Waals surface area contributed by atoms with E-state index in [1.807, 2.05) is 32.0 Å². The molecule has 7 nitrogen and oxygen atoms in total. The highest BCUT2D eigenvalue weighted by atomic mass is 32.2. The van der Waals surface area contributed by atoms with Crippen LogP contribution in [0.25, 0.3) is 6.08 Å². The summed E-state index contributed by atoms with van der Waals surface area (Å²) in [6.07, 6.45) is -3.13. The van der Waals surface area contributed by atoms with Crippen LogP contribution in [0, 0.1) is 24.0 Å². The minimum atomic E-state index is -4.75. The molecule has 0 saturated carbocycles. The maximum absolute atomic E-state index is 13.2. The number of nitrogens with zero attached hydrogens (tertiary/aromatic N) is 2. The topological polar surface area (TPSA) is 81.9 Å². The largest absolute Gasteiger partial charge is 0.493 e. The van der Waals surface area contributed by atoms with E-state index in [0.29, 0.717) is 32.6 Å². The number of hydrogen-bond acceptors (Lipinski definition) is 7. The molecule has 1 fully saturated rings. The van der Waals surface area contributed by atoms with E-state index in [9.17, 15) is 28.1 Å². The van der Waals surface area contributed by atoms with Gasteiger partial charge in [-0.15, -0.1) is 0 Å². The number of carbonyl (C=O) groups excluding carboxylic acids is 1. The Bertz CT molecular complexity index is 1500. The van der Waals surface area contributed by atoms with Crippen LogP contribution in [0.3, 0.4) is 0 Å². The van der Waals surface area contributed by atoms with Crippen molar-refractivity contribution in [2.75, 3.05) is 12.0 Å². The van der Waals surface area contributed by atoms with Gasteiger partial charge in [0.25, 0.3) is 5.91 Å². The van der Waals surface area contributed by atoms with Crippen molar-refractivity contribution >= 4 is 51.7 Å². The fraction of sp³-hybridized carbons (Fsp3) is 0.154. The number of amides is 1. The molecule has 0 unspecified atom stereocenters. The molecule has 12 heteroatoms. The zero-order valence-electron chi connectivity index (χ0n) is 20.2. The second kappa shape index (κ2) is 10.5. The first kappa shape index (κ1) is 27.1. The van der Waals surface area contributed by atoms with Gasteiger partial charge in [-0.2, -0.15) is 13.2 Å². The SMILES string of the molecule is COc1cc(/C=C2\SC(=S)N(c3ccc(C)cc3C)C2=O)ccc1Oc1ccc(C(F)(F)F)cc1[N+](=O)[O-]. The van der Waals surface area contributed by atoms with E-state index in [-0.39, 0.29) is 23.2 Å². The Balaban J connectivity index is 1.63. The quantitative estimate of drug-likeness (QED) is 0.134. The van der Waals surface area contributed by atoms with Gasteiger partial charge in [0, 0.05) is 6.07 Å². The van der Waals surface area contributed by atoms with Crippen LogP contribution in [0.5, 0.6) is 17.2 Å². The van der Waals surface area contributed by atoms with Crippen LogP contribution in [0.2, 0.25) is 0 Å². The summed E-state index contributed by atoms with van der Waals surface area (Å²) in [7, 11) is 1.34. The van der Waals surface area contributed by atoms with Gasteiger partial charge in [0.15, 0.2) is 15.8 Å². The zero-order chi connectivity index (χ0) is 27.8. The predicted octanol–water partition coefficient (Wildman–Crippen LogP) is 7.44. The molecule has 1 saturated heterocycles. The van der Waals surface area contributed by atoms with Gasteiger partial charge in [0.2, 0.25) is 5.75 Å². The number of thiocarbonyl (C=S) groups is 1. The Kier molecular flexibility index (Phi) is 7.47. The van der Waals surface area contributed by atoms with Crippen LogP contribution in [0.1, 0.15) is 22.3 Å². The monoisotopic (exact) mass is 560 g/mol. The molecular formula is C26H19F3N2O5S2. The van der Waals surface area contributed by atoms with Crippen LogP contribution < -0.4 is 14.4 Å². The minimum Gasteiger partial charge on any atom is -0.493 e. The van der Waals surface area contributed by atoms with E-state index in [4.69, 9.17) is 21.7 Å². The van der Waals surface area contributed by atoms with Crippen molar-refractivity contribution < 1.29 is 32.4 Å². The summed E-state index contributed by atoms with van der Waals surface area (Å²) >= 11 is 6.59. The van der Waals surface area contributed by atoms with E-state index < -0.39 is 22.4 Å². The maximum atomic E-state index is 13.2. The fourth-order valence-electron chi connectivity index (χ4n) is 3.78. The Hall–Kier alpha value is -3.90. The summed E-state index contributed by atoms with van der Waals surface area (Å²) in [5.41, 5.74) is 1.20. The lowest BCUT2D eigenvalue weighted by Gasteiger charge is -2.17. The Morgan fingerprint density at radius 3 is 2.37 bits per heavy atom. The number of methoxy groups -OCH3 is 1. The van der Waals surface area contributed by atoms with Crippen molar-refractivity contribution in [2.45, 2.75) is 20.0 Å². The summed E-state index contributed by atoms with van der Waals surface area (Å²) in [5, 5.41) is 11.4. The third-order valence-corrected chi connectivity index (χ3v) is 6.88. The molecule has 3 aromatic rings. The number of carbonyl (C=O) groups is 1. The summed E-state index contributed by atoms with van der Waals surface area (Å²) in [4.78, 5) is 25.5. The minimum absolute atomic E-state index is 0.0373. The number of rotatable bonds is 6. The molecule has 38 heavy (non-hydrogen) atoms. The van der Waals surface area contributed by atoms with Crippen molar-refractivity contribution in [3.05, 3.63) is 91.9 Å². The summed E-state index contributed by atoms with van der Waals surface area (Å²) in [5.74, 6) is -0.483. The summed E-state index contributed by atoms with van der Waals surface area (Å²) in [6.45, 7) is 3.85. The normalized spacial score (nSPS) is 14.8. The highest BCUT2D eigenvalue weighted by Gasteiger charge is 2.35. The average Bonchev–Trinajstić information content (AvgIpc) is 3.12. The second-order valence-corrected chi connectivity index (χ2v) is 9.93. The summed E-state index contributed by atoms with van der Waals surface area (Å²) < 4.78 is 50.3. The van der Waals surface area contributed by atoms with Gasteiger partial charge in [-0.05, 0) is 61.4 Å². The molecule has 1 amide bonds. The third kappa shape index (κ3) is 5.50. The van der Waals surface area contributed by atoms with Gasteiger partial charge in [-0.3, -0.25) is 19.8 Å². The molecule has 0 aliphatic carbocycles. The molecule has 1 aliphatic heterocycles. The van der Waals surface area contributed by atoms with Gasteiger partial charge in [-0.25, -0.2) is 0 Å². The number of thioether (sulfide) groups is 1. The molecule has 0 N–H and O–H groups in total. The smallest absolute Gasteiger partial charge is 0.416 e. The maximum Gasteiger partial charge on any atom is 0.416 e. The van der Waals surface area contributed by atoms with Crippen molar-refractivity contribution in [3.63, 3.8) is 0 Å². The number of nitro groups is 1. The molecule has 1 heterocycles. The molecular weight excluding hydrogens is 541 g/mol. The van der Waals surface area contributed by atoms with Crippen LogP contribution >= 0.6 is 24.0 Å². The molecule has 196 valence electrons. The first-order chi connectivity index (χ1) is 17.9. The highest BCUT2D eigenvalue weighted by molar-refractivity contribution is 8.27. The number of hydrogen-bond donors (Lipinski definition) is 0. The average molecular weight is 561 g/mol. The first-order valence-electron chi connectivity index (χ1n) is 11.0. The highest BCUT2D eigenvalue weighted by Crippen LogP contribution is 2.41. The van der Waals surface area contributed by atoms with Gasteiger partial charge < -0.3 is 9.47 Å². The lowest BCUT2D eigenvalue weighted by molar-refractivity contribution is -0.385. The van der Waals surface area contributed by atoms with Crippen molar-refractivity contribution in [3.8, 4) is 17.2 Å². The number of halogens is 3.